The largest absolute Gasteiger partial charge is 0.369 e. The van der Waals surface area contributed by atoms with Gasteiger partial charge in [-0.2, -0.15) is 10.2 Å². The van der Waals surface area contributed by atoms with Crippen LogP contribution in [0.25, 0.3) is 11.2 Å². The van der Waals surface area contributed by atoms with Gasteiger partial charge in [-0.3, -0.25) is 14.3 Å². The molecule has 3 rings (SSSR count). The normalized spacial score (nSPS) is 21.3. The molecule has 1 N–H and O–H groups in total. The molecular formula is C23H37N8O4P. The molecule has 0 amide bonds. The van der Waals surface area contributed by atoms with Gasteiger partial charge in [-0.05, 0) is 34.1 Å². The van der Waals surface area contributed by atoms with Crippen molar-refractivity contribution in [3.63, 3.8) is 0 Å². The van der Waals surface area contributed by atoms with Crippen LogP contribution < -0.4 is 5.56 Å². The van der Waals surface area contributed by atoms with E-state index in [0.29, 0.717) is 12.1 Å². The number of aliphatic imine (C=N–C) groups is 1. The third-order valence-corrected chi connectivity index (χ3v) is 7.75. The minimum Gasteiger partial charge on any atom is -0.369 e. The summed E-state index contributed by atoms with van der Waals surface area (Å²) in [6, 6.07) is 2.48. The Morgan fingerprint density at radius 2 is 2.11 bits per heavy atom. The zero-order valence-corrected chi connectivity index (χ0v) is 23.0. The van der Waals surface area contributed by atoms with Gasteiger partial charge in [0.15, 0.2) is 17.4 Å². The van der Waals surface area contributed by atoms with Crippen molar-refractivity contribution in [3.8, 4) is 6.07 Å². The summed E-state index contributed by atoms with van der Waals surface area (Å²) in [6.07, 6.45) is 3.92. The predicted molar refractivity (Wildman–Crippen MR) is 139 cm³/mol. The lowest BCUT2D eigenvalue weighted by Crippen LogP contribution is -2.35. The summed E-state index contributed by atoms with van der Waals surface area (Å²) in [5.41, 5.74) is 0.207. The van der Waals surface area contributed by atoms with Crippen LogP contribution in [0.5, 0.6) is 0 Å². The van der Waals surface area contributed by atoms with Gasteiger partial charge in [-0.25, -0.2) is 14.6 Å². The van der Waals surface area contributed by atoms with E-state index in [1.807, 2.05) is 14.1 Å². The van der Waals surface area contributed by atoms with Gasteiger partial charge in [0, 0.05) is 32.6 Å². The van der Waals surface area contributed by atoms with E-state index in [-0.39, 0.29) is 54.3 Å². The van der Waals surface area contributed by atoms with Crippen molar-refractivity contribution in [2.24, 2.45) is 4.99 Å². The number of nitrogens with zero attached hydrogens (tertiary/aromatic N) is 7. The maximum atomic E-state index is 12.7. The van der Waals surface area contributed by atoms with Crippen molar-refractivity contribution in [2.45, 2.75) is 84.4 Å². The smallest absolute Gasteiger partial charge is 0.280 e. The summed E-state index contributed by atoms with van der Waals surface area (Å²) in [4.78, 5) is 30.1. The molecule has 12 nitrogen and oxygen atoms in total. The van der Waals surface area contributed by atoms with Crippen LogP contribution in [-0.2, 0) is 13.8 Å². The van der Waals surface area contributed by atoms with Crippen molar-refractivity contribution in [1.29, 1.82) is 5.26 Å². The fourth-order valence-electron chi connectivity index (χ4n) is 4.06. The fraction of sp³-hybridized carbons (Fsp3) is 0.696. The highest BCUT2D eigenvalue weighted by atomic mass is 31.2. The number of rotatable bonds is 12. The summed E-state index contributed by atoms with van der Waals surface area (Å²) in [7, 11) is 2.19. The van der Waals surface area contributed by atoms with Gasteiger partial charge in [0.1, 0.15) is 6.10 Å². The number of ether oxygens (including phenoxy) is 1. The second-order valence-corrected chi connectivity index (χ2v) is 10.8. The maximum Gasteiger partial charge on any atom is 0.280 e. The molecule has 1 fully saturated rings. The molecule has 2 aromatic heterocycles. The molecule has 1 saturated heterocycles. The average Bonchev–Trinajstić information content (AvgIpc) is 3.41. The second kappa shape index (κ2) is 12.7. The van der Waals surface area contributed by atoms with E-state index in [0.717, 1.165) is 6.42 Å². The quantitative estimate of drug-likeness (QED) is 0.192. The Morgan fingerprint density at radius 3 is 2.72 bits per heavy atom. The van der Waals surface area contributed by atoms with Crippen LogP contribution in [-0.4, -0.2) is 80.4 Å². The highest BCUT2D eigenvalue weighted by Gasteiger charge is 2.41. The second-order valence-electron chi connectivity index (χ2n) is 9.40. The molecule has 0 radical (unpaired) electrons. The van der Waals surface area contributed by atoms with Crippen LogP contribution in [0.1, 0.15) is 60.1 Å². The lowest BCUT2D eigenvalue weighted by atomic mass is 10.1. The summed E-state index contributed by atoms with van der Waals surface area (Å²) < 4.78 is 23.0. The number of H-pyrrole nitrogens is 1. The Bertz CT molecular complexity index is 1120. The molecule has 4 atom stereocenters. The number of nitriles is 1. The summed E-state index contributed by atoms with van der Waals surface area (Å²) >= 11 is 0. The Morgan fingerprint density at radius 1 is 1.39 bits per heavy atom. The van der Waals surface area contributed by atoms with Crippen molar-refractivity contribution in [2.75, 3.05) is 20.7 Å². The van der Waals surface area contributed by atoms with Crippen LogP contribution in [0.15, 0.2) is 16.1 Å². The highest BCUT2D eigenvalue weighted by molar-refractivity contribution is 7.44. The molecule has 3 heterocycles. The minimum absolute atomic E-state index is 0.0341. The molecule has 198 valence electrons. The lowest BCUT2D eigenvalue weighted by Gasteiger charge is -2.37. The molecule has 13 heteroatoms. The molecule has 0 saturated carbocycles. The number of imidazole rings is 1. The summed E-state index contributed by atoms with van der Waals surface area (Å²) in [5.74, 6) is 0.179. The molecule has 1 aliphatic rings. The minimum atomic E-state index is -1.47. The van der Waals surface area contributed by atoms with Gasteiger partial charge in [0.25, 0.3) is 14.1 Å². The van der Waals surface area contributed by atoms with E-state index in [9.17, 15) is 4.79 Å². The Balaban J connectivity index is 1.98. The average molecular weight is 521 g/mol. The first-order chi connectivity index (χ1) is 17.2. The number of hydrogen-bond donors (Lipinski definition) is 1. The topological polar surface area (TPSA) is 134 Å². The molecule has 2 aromatic rings. The van der Waals surface area contributed by atoms with E-state index in [2.05, 4.69) is 65.3 Å². The number of nitrogens with one attached hydrogen (secondary N) is 1. The third-order valence-electron chi connectivity index (χ3n) is 5.59. The van der Waals surface area contributed by atoms with Gasteiger partial charge >= 0.3 is 0 Å². The van der Waals surface area contributed by atoms with Gasteiger partial charge in [-0.15, -0.1) is 0 Å². The molecule has 0 spiro atoms. The molecular weight excluding hydrogens is 483 g/mol. The van der Waals surface area contributed by atoms with Crippen molar-refractivity contribution in [3.05, 3.63) is 16.7 Å². The molecule has 0 aromatic carbocycles. The Hall–Kier alpha value is -2.42. The van der Waals surface area contributed by atoms with Gasteiger partial charge in [0.2, 0.25) is 5.95 Å². The van der Waals surface area contributed by atoms with Gasteiger partial charge in [0.05, 0.1) is 37.9 Å². The van der Waals surface area contributed by atoms with Gasteiger partial charge < -0.3 is 18.7 Å². The van der Waals surface area contributed by atoms with E-state index < -0.39 is 14.8 Å². The molecule has 0 aliphatic carbocycles. The Kier molecular flexibility index (Phi) is 9.93. The lowest BCUT2D eigenvalue weighted by molar-refractivity contribution is -0.0323. The van der Waals surface area contributed by atoms with E-state index in [4.69, 9.17) is 19.0 Å². The van der Waals surface area contributed by atoms with Gasteiger partial charge in [-0.1, -0.05) is 6.92 Å². The monoisotopic (exact) mass is 520 g/mol. The first-order valence-corrected chi connectivity index (χ1v) is 13.4. The zero-order valence-electron chi connectivity index (χ0n) is 22.1. The van der Waals surface area contributed by atoms with E-state index >= 15 is 0 Å². The summed E-state index contributed by atoms with van der Waals surface area (Å²) in [5, 5.41) is 9.01. The number of aromatic nitrogens is 4. The van der Waals surface area contributed by atoms with Crippen LogP contribution in [0.4, 0.5) is 5.95 Å². The third kappa shape index (κ3) is 6.66. The van der Waals surface area contributed by atoms with Crippen molar-refractivity contribution < 1.29 is 13.8 Å². The molecule has 0 bridgehead atoms. The standard InChI is InChI=1S/C23H37N8O4P/c1-8-17-12-18(35-36(33-11-9-10-24)31(15(2)3)16(4)5)22(34-17)30-14-25-19-20(30)27-23(28-21(19)32)26-13-29(6)7/h13-18,22H,8-9,11-12H2,1-7H3,(H,27,28,32)/t17-,18-,22-,36?/m1/s1. The predicted octanol–water partition coefficient (Wildman–Crippen LogP) is 3.70. The first-order valence-electron chi connectivity index (χ1n) is 12.2. The number of fused-ring (bicyclic) bond motifs is 1. The van der Waals surface area contributed by atoms with Crippen LogP contribution in [0.3, 0.4) is 0 Å². The number of aromatic amines is 1. The van der Waals surface area contributed by atoms with Crippen LogP contribution in [0.2, 0.25) is 0 Å². The van der Waals surface area contributed by atoms with Crippen molar-refractivity contribution in [1.82, 2.24) is 29.1 Å². The van der Waals surface area contributed by atoms with Crippen LogP contribution >= 0.6 is 8.53 Å². The summed E-state index contributed by atoms with van der Waals surface area (Å²) in [6.45, 7) is 10.7. The SMILES string of the molecule is CC[C@@H]1C[C@@H](OP(OCCC#N)N(C(C)C)C(C)C)[C@H](n2cnc3c(=O)[nH]c(N=CN(C)C)nc32)O1. The van der Waals surface area contributed by atoms with E-state index in [1.54, 1.807) is 22.1 Å². The Labute approximate surface area is 213 Å². The maximum absolute atomic E-state index is 12.7. The molecule has 36 heavy (non-hydrogen) atoms. The van der Waals surface area contributed by atoms with Crippen LogP contribution in [0, 0.1) is 11.3 Å². The molecule has 1 aliphatic heterocycles. The highest BCUT2D eigenvalue weighted by Crippen LogP contribution is 2.50. The van der Waals surface area contributed by atoms with Crippen molar-refractivity contribution >= 4 is 32.0 Å². The zero-order chi connectivity index (χ0) is 26.4. The first kappa shape index (κ1) is 28.2. The number of hydrogen-bond acceptors (Lipinski definition) is 9. The fourth-order valence-corrected chi connectivity index (χ4v) is 5.79. The van der Waals surface area contributed by atoms with E-state index in [1.165, 1.54) is 0 Å². The molecule has 1 unspecified atom stereocenters.